The molecular formula is C13H15N3O. The highest BCUT2D eigenvalue weighted by atomic mass is 16.5. The Morgan fingerprint density at radius 1 is 1.35 bits per heavy atom. The summed E-state index contributed by atoms with van der Waals surface area (Å²) in [5, 5.41) is 5.33. The zero-order valence-corrected chi connectivity index (χ0v) is 9.52. The number of hydrogen-bond donors (Lipinski definition) is 2. The summed E-state index contributed by atoms with van der Waals surface area (Å²) in [6.07, 6.45) is 3.07. The first-order chi connectivity index (χ1) is 8.33. The summed E-state index contributed by atoms with van der Waals surface area (Å²) >= 11 is 0. The summed E-state index contributed by atoms with van der Waals surface area (Å²) in [4.78, 5) is 4.07. The zero-order valence-electron chi connectivity index (χ0n) is 9.52. The molecule has 88 valence electrons. The van der Waals surface area contributed by atoms with Crippen molar-refractivity contribution in [1.82, 2.24) is 10.3 Å². The van der Waals surface area contributed by atoms with E-state index in [1.807, 2.05) is 24.3 Å². The minimum atomic E-state index is 0.284. The predicted molar refractivity (Wildman–Crippen MR) is 68.1 cm³/mol. The molecule has 1 aliphatic heterocycles. The van der Waals surface area contributed by atoms with Crippen LogP contribution in [0.5, 0.6) is 5.75 Å². The third-order valence-electron chi connectivity index (χ3n) is 3.08. The number of rotatable bonds is 2. The van der Waals surface area contributed by atoms with Crippen LogP contribution in [0.3, 0.4) is 0 Å². The number of nitrogens with two attached hydrogens (primary N) is 1. The second kappa shape index (κ2) is 4.22. The Labute approximate surface area is 99.8 Å². The third-order valence-corrected chi connectivity index (χ3v) is 3.08. The maximum atomic E-state index is 5.90. The standard InChI is InChI=1S/C13H15N3O/c14-13-12-2-1-10(7-9(12)3-6-16-13)17-11-4-5-15-8-11/h1-3,6-7,11,15H,4-5,8H2,(H2,14,16)/t11-/m0/s1. The number of aromatic nitrogens is 1. The van der Waals surface area contributed by atoms with Gasteiger partial charge in [-0.15, -0.1) is 0 Å². The number of benzene rings is 1. The van der Waals surface area contributed by atoms with Crippen LogP contribution in [0, 0.1) is 0 Å². The molecule has 0 unspecified atom stereocenters. The molecule has 1 atom stereocenters. The van der Waals surface area contributed by atoms with E-state index in [1.165, 1.54) is 0 Å². The highest BCUT2D eigenvalue weighted by Crippen LogP contribution is 2.24. The molecule has 0 aliphatic carbocycles. The van der Waals surface area contributed by atoms with E-state index in [4.69, 9.17) is 10.5 Å². The normalized spacial score (nSPS) is 19.6. The van der Waals surface area contributed by atoms with E-state index in [0.717, 1.165) is 36.0 Å². The third kappa shape index (κ3) is 2.03. The molecule has 0 radical (unpaired) electrons. The van der Waals surface area contributed by atoms with Gasteiger partial charge in [0.25, 0.3) is 0 Å². The summed E-state index contributed by atoms with van der Waals surface area (Å²) in [6, 6.07) is 7.89. The molecule has 2 aromatic rings. The number of fused-ring (bicyclic) bond motifs is 1. The molecule has 0 spiro atoms. The Bertz CT molecular complexity index is 535. The Kier molecular flexibility index (Phi) is 2.57. The van der Waals surface area contributed by atoms with Crippen molar-refractivity contribution >= 4 is 16.6 Å². The number of nitrogens with zero attached hydrogens (tertiary/aromatic N) is 1. The molecule has 0 amide bonds. The van der Waals surface area contributed by atoms with Gasteiger partial charge in [0.05, 0.1) is 0 Å². The Balaban J connectivity index is 1.90. The van der Waals surface area contributed by atoms with Crippen LogP contribution in [0.1, 0.15) is 6.42 Å². The second-order valence-electron chi connectivity index (χ2n) is 4.31. The lowest BCUT2D eigenvalue weighted by Crippen LogP contribution is -2.19. The molecule has 1 saturated heterocycles. The van der Waals surface area contributed by atoms with Crippen LogP contribution >= 0.6 is 0 Å². The Morgan fingerprint density at radius 2 is 2.29 bits per heavy atom. The van der Waals surface area contributed by atoms with Crippen LogP contribution in [0.2, 0.25) is 0 Å². The fraction of sp³-hybridized carbons (Fsp3) is 0.308. The number of nitrogens with one attached hydrogen (secondary N) is 1. The molecule has 1 aromatic carbocycles. The van der Waals surface area contributed by atoms with E-state index < -0.39 is 0 Å². The molecule has 3 rings (SSSR count). The van der Waals surface area contributed by atoms with Gasteiger partial charge in [-0.05, 0) is 42.6 Å². The minimum Gasteiger partial charge on any atom is -0.489 e. The van der Waals surface area contributed by atoms with Crippen molar-refractivity contribution in [3.63, 3.8) is 0 Å². The van der Waals surface area contributed by atoms with Crippen LogP contribution in [-0.2, 0) is 0 Å². The van der Waals surface area contributed by atoms with E-state index in [-0.39, 0.29) is 6.10 Å². The van der Waals surface area contributed by atoms with Gasteiger partial charge in [0.1, 0.15) is 17.7 Å². The SMILES string of the molecule is Nc1nccc2cc(O[C@H]3CCNC3)ccc12. The van der Waals surface area contributed by atoms with Gasteiger partial charge in [-0.1, -0.05) is 0 Å². The predicted octanol–water partition coefficient (Wildman–Crippen LogP) is 1.56. The molecule has 17 heavy (non-hydrogen) atoms. The van der Waals surface area contributed by atoms with Crippen LogP contribution in [0.25, 0.3) is 10.8 Å². The van der Waals surface area contributed by atoms with Gasteiger partial charge >= 0.3 is 0 Å². The van der Waals surface area contributed by atoms with E-state index in [0.29, 0.717) is 5.82 Å². The first kappa shape index (κ1) is 10.4. The minimum absolute atomic E-state index is 0.284. The van der Waals surface area contributed by atoms with Crippen LogP contribution in [0.4, 0.5) is 5.82 Å². The smallest absolute Gasteiger partial charge is 0.131 e. The highest BCUT2D eigenvalue weighted by molar-refractivity contribution is 5.91. The lowest BCUT2D eigenvalue weighted by molar-refractivity contribution is 0.223. The average Bonchev–Trinajstić information content (AvgIpc) is 2.82. The molecule has 1 aromatic heterocycles. The highest BCUT2D eigenvalue weighted by Gasteiger charge is 2.15. The second-order valence-corrected chi connectivity index (χ2v) is 4.31. The first-order valence-electron chi connectivity index (χ1n) is 5.84. The Morgan fingerprint density at radius 3 is 3.12 bits per heavy atom. The monoisotopic (exact) mass is 229 g/mol. The lowest BCUT2D eigenvalue weighted by atomic mass is 10.1. The van der Waals surface area contributed by atoms with Gasteiger partial charge in [0.2, 0.25) is 0 Å². The molecule has 1 aliphatic rings. The maximum Gasteiger partial charge on any atom is 0.131 e. The number of ether oxygens (including phenoxy) is 1. The fourth-order valence-corrected chi connectivity index (χ4v) is 2.17. The molecule has 4 heteroatoms. The first-order valence-corrected chi connectivity index (χ1v) is 5.84. The van der Waals surface area contributed by atoms with Crippen molar-refractivity contribution in [2.45, 2.75) is 12.5 Å². The summed E-state index contributed by atoms with van der Waals surface area (Å²) in [7, 11) is 0. The molecule has 4 nitrogen and oxygen atoms in total. The number of pyridine rings is 1. The molecule has 2 heterocycles. The van der Waals surface area contributed by atoms with Gasteiger partial charge in [0.15, 0.2) is 0 Å². The number of hydrogen-bond acceptors (Lipinski definition) is 4. The van der Waals surface area contributed by atoms with Gasteiger partial charge < -0.3 is 15.8 Å². The molecular weight excluding hydrogens is 214 g/mol. The summed E-state index contributed by atoms with van der Waals surface area (Å²) in [5.41, 5.74) is 5.81. The summed E-state index contributed by atoms with van der Waals surface area (Å²) < 4.78 is 5.90. The molecule has 3 N–H and O–H groups in total. The van der Waals surface area contributed by atoms with E-state index in [1.54, 1.807) is 6.20 Å². The van der Waals surface area contributed by atoms with Crippen LogP contribution in [-0.4, -0.2) is 24.2 Å². The molecule has 0 saturated carbocycles. The van der Waals surface area contributed by atoms with Gasteiger partial charge in [0, 0.05) is 18.1 Å². The quantitative estimate of drug-likeness (QED) is 0.820. The van der Waals surface area contributed by atoms with Crippen molar-refractivity contribution in [3.05, 3.63) is 30.5 Å². The van der Waals surface area contributed by atoms with Crippen LogP contribution < -0.4 is 15.8 Å². The Hall–Kier alpha value is -1.81. The van der Waals surface area contributed by atoms with Crippen molar-refractivity contribution < 1.29 is 4.74 Å². The van der Waals surface area contributed by atoms with Gasteiger partial charge in [-0.2, -0.15) is 0 Å². The van der Waals surface area contributed by atoms with Crippen molar-refractivity contribution in [2.24, 2.45) is 0 Å². The van der Waals surface area contributed by atoms with Crippen molar-refractivity contribution in [1.29, 1.82) is 0 Å². The number of anilines is 1. The van der Waals surface area contributed by atoms with E-state index in [2.05, 4.69) is 10.3 Å². The summed E-state index contributed by atoms with van der Waals surface area (Å²) in [6.45, 7) is 1.96. The maximum absolute atomic E-state index is 5.90. The van der Waals surface area contributed by atoms with E-state index in [9.17, 15) is 0 Å². The van der Waals surface area contributed by atoms with Gasteiger partial charge in [-0.25, -0.2) is 4.98 Å². The van der Waals surface area contributed by atoms with Gasteiger partial charge in [-0.3, -0.25) is 0 Å². The topological polar surface area (TPSA) is 60.2 Å². The number of nitrogen functional groups attached to an aromatic ring is 1. The zero-order chi connectivity index (χ0) is 11.7. The fourth-order valence-electron chi connectivity index (χ4n) is 2.17. The summed E-state index contributed by atoms with van der Waals surface area (Å²) in [5.74, 6) is 1.47. The molecule has 0 bridgehead atoms. The van der Waals surface area contributed by atoms with Crippen LogP contribution in [0.15, 0.2) is 30.5 Å². The van der Waals surface area contributed by atoms with Crippen molar-refractivity contribution in [3.8, 4) is 5.75 Å². The largest absolute Gasteiger partial charge is 0.489 e. The lowest BCUT2D eigenvalue weighted by Gasteiger charge is -2.13. The van der Waals surface area contributed by atoms with Crippen molar-refractivity contribution in [2.75, 3.05) is 18.8 Å². The average molecular weight is 229 g/mol. The molecule has 1 fully saturated rings. The van der Waals surface area contributed by atoms with E-state index >= 15 is 0 Å².